The van der Waals surface area contributed by atoms with Crippen molar-refractivity contribution in [2.45, 2.75) is 0 Å². The van der Waals surface area contributed by atoms with E-state index in [4.69, 9.17) is 0 Å². The SMILES string of the molecule is O=C(C=Cc1ccncc1)c1ccc2ccccc2c1. The molecule has 1 aromatic heterocycles. The maximum Gasteiger partial charge on any atom is 0.185 e. The van der Waals surface area contributed by atoms with E-state index >= 15 is 0 Å². The van der Waals surface area contributed by atoms with Crippen LogP contribution in [0.3, 0.4) is 0 Å². The van der Waals surface area contributed by atoms with Crippen LogP contribution in [0.5, 0.6) is 0 Å². The quantitative estimate of drug-likeness (QED) is 0.523. The van der Waals surface area contributed by atoms with E-state index in [9.17, 15) is 4.79 Å². The molecular weight excluding hydrogens is 246 g/mol. The van der Waals surface area contributed by atoms with E-state index in [1.807, 2.05) is 54.6 Å². The minimum atomic E-state index is 0.00700. The zero-order chi connectivity index (χ0) is 13.8. The molecule has 0 atom stereocenters. The molecule has 0 aliphatic heterocycles. The Morgan fingerprint density at radius 3 is 2.45 bits per heavy atom. The molecule has 0 amide bonds. The first-order chi connectivity index (χ1) is 9.83. The van der Waals surface area contributed by atoms with Crippen molar-refractivity contribution in [2.75, 3.05) is 0 Å². The van der Waals surface area contributed by atoms with Crippen LogP contribution >= 0.6 is 0 Å². The number of pyridine rings is 1. The van der Waals surface area contributed by atoms with E-state index in [1.165, 1.54) is 0 Å². The van der Waals surface area contributed by atoms with Crippen molar-refractivity contribution in [3.63, 3.8) is 0 Å². The molecule has 0 bridgehead atoms. The first-order valence-electron chi connectivity index (χ1n) is 6.44. The molecule has 0 spiro atoms. The molecule has 0 fully saturated rings. The van der Waals surface area contributed by atoms with Crippen LogP contribution in [0.2, 0.25) is 0 Å². The molecular formula is C18H13NO. The molecule has 2 heteroatoms. The molecule has 3 rings (SSSR count). The lowest BCUT2D eigenvalue weighted by Gasteiger charge is -2.00. The largest absolute Gasteiger partial charge is 0.289 e. The van der Waals surface area contributed by atoms with E-state index in [-0.39, 0.29) is 5.78 Å². The normalized spacial score (nSPS) is 11.0. The molecule has 0 N–H and O–H groups in total. The summed E-state index contributed by atoms with van der Waals surface area (Å²) in [6.45, 7) is 0. The van der Waals surface area contributed by atoms with Gasteiger partial charge in [-0.25, -0.2) is 0 Å². The molecule has 96 valence electrons. The van der Waals surface area contributed by atoms with Gasteiger partial charge >= 0.3 is 0 Å². The number of carbonyl (C=O) groups is 1. The fourth-order valence-electron chi connectivity index (χ4n) is 2.09. The zero-order valence-electron chi connectivity index (χ0n) is 10.9. The van der Waals surface area contributed by atoms with Crippen molar-refractivity contribution in [3.8, 4) is 0 Å². The van der Waals surface area contributed by atoms with Gasteiger partial charge in [0.05, 0.1) is 0 Å². The average Bonchev–Trinajstić information content (AvgIpc) is 2.53. The van der Waals surface area contributed by atoms with E-state index in [1.54, 1.807) is 24.5 Å². The van der Waals surface area contributed by atoms with Crippen molar-refractivity contribution in [1.82, 2.24) is 4.98 Å². The lowest BCUT2D eigenvalue weighted by atomic mass is 10.0. The van der Waals surface area contributed by atoms with Crippen LogP contribution in [0.15, 0.2) is 73.1 Å². The molecule has 0 radical (unpaired) electrons. The highest BCUT2D eigenvalue weighted by Gasteiger charge is 2.02. The van der Waals surface area contributed by atoms with Gasteiger partial charge in [-0.05, 0) is 40.6 Å². The summed E-state index contributed by atoms with van der Waals surface area (Å²) in [7, 11) is 0. The second kappa shape index (κ2) is 5.49. The number of rotatable bonds is 3. The first-order valence-corrected chi connectivity index (χ1v) is 6.44. The predicted octanol–water partition coefficient (Wildman–Crippen LogP) is 4.13. The molecule has 0 aliphatic rings. The summed E-state index contributed by atoms with van der Waals surface area (Å²) in [6.07, 6.45) is 6.82. The molecule has 0 unspecified atom stereocenters. The smallest absolute Gasteiger partial charge is 0.185 e. The van der Waals surface area contributed by atoms with Gasteiger partial charge < -0.3 is 0 Å². The number of allylic oxidation sites excluding steroid dienone is 1. The van der Waals surface area contributed by atoms with Crippen LogP contribution in [0.4, 0.5) is 0 Å². The minimum Gasteiger partial charge on any atom is -0.289 e. The summed E-state index contributed by atoms with van der Waals surface area (Å²) in [5.74, 6) is 0.00700. The van der Waals surface area contributed by atoms with E-state index in [2.05, 4.69) is 4.98 Å². The number of fused-ring (bicyclic) bond motifs is 1. The van der Waals surface area contributed by atoms with Crippen LogP contribution in [0.25, 0.3) is 16.8 Å². The Hall–Kier alpha value is -2.74. The van der Waals surface area contributed by atoms with Crippen LogP contribution < -0.4 is 0 Å². The predicted molar refractivity (Wildman–Crippen MR) is 81.5 cm³/mol. The van der Waals surface area contributed by atoms with Gasteiger partial charge in [0.25, 0.3) is 0 Å². The molecule has 1 heterocycles. The number of benzene rings is 2. The number of ketones is 1. The summed E-state index contributed by atoms with van der Waals surface area (Å²) in [5.41, 5.74) is 1.67. The van der Waals surface area contributed by atoms with Crippen molar-refractivity contribution in [2.24, 2.45) is 0 Å². The molecule has 3 aromatic rings. The van der Waals surface area contributed by atoms with Gasteiger partial charge in [-0.1, -0.05) is 42.5 Å². The monoisotopic (exact) mass is 259 g/mol. The number of hydrogen-bond donors (Lipinski definition) is 0. The summed E-state index contributed by atoms with van der Waals surface area (Å²) in [6, 6.07) is 17.5. The standard InChI is InChI=1S/C18H13NO/c20-18(8-5-14-9-11-19-12-10-14)17-7-6-15-3-1-2-4-16(15)13-17/h1-13H. The van der Waals surface area contributed by atoms with Crippen molar-refractivity contribution >= 4 is 22.6 Å². The van der Waals surface area contributed by atoms with Crippen LogP contribution in [0, 0.1) is 0 Å². The minimum absolute atomic E-state index is 0.00700. The maximum absolute atomic E-state index is 12.2. The van der Waals surface area contributed by atoms with Crippen molar-refractivity contribution < 1.29 is 4.79 Å². The lowest BCUT2D eigenvalue weighted by molar-refractivity contribution is 0.104. The Bertz CT molecular complexity index is 776. The summed E-state index contributed by atoms with van der Waals surface area (Å²) < 4.78 is 0. The molecule has 2 aromatic carbocycles. The second-order valence-corrected chi connectivity index (χ2v) is 4.54. The van der Waals surface area contributed by atoms with E-state index in [0.29, 0.717) is 5.56 Å². The van der Waals surface area contributed by atoms with Crippen molar-refractivity contribution in [1.29, 1.82) is 0 Å². The number of nitrogens with zero attached hydrogens (tertiary/aromatic N) is 1. The lowest BCUT2D eigenvalue weighted by Crippen LogP contribution is -1.93. The fraction of sp³-hybridized carbons (Fsp3) is 0. The van der Waals surface area contributed by atoms with Gasteiger partial charge in [0, 0.05) is 18.0 Å². The number of carbonyl (C=O) groups excluding carboxylic acids is 1. The Balaban J connectivity index is 1.87. The second-order valence-electron chi connectivity index (χ2n) is 4.54. The van der Waals surface area contributed by atoms with Crippen molar-refractivity contribution in [3.05, 3.63) is 84.2 Å². The van der Waals surface area contributed by atoms with Crippen LogP contribution in [0.1, 0.15) is 15.9 Å². The Morgan fingerprint density at radius 1 is 0.900 bits per heavy atom. The molecule has 0 saturated carbocycles. The third-order valence-electron chi connectivity index (χ3n) is 3.17. The fourth-order valence-corrected chi connectivity index (χ4v) is 2.09. The Morgan fingerprint density at radius 2 is 1.65 bits per heavy atom. The summed E-state index contributed by atoms with van der Waals surface area (Å²) in [4.78, 5) is 16.1. The van der Waals surface area contributed by atoms with Gasteiger partial charge in [-0.15, -0.1) is 0 Å². The Labute approximate surface area is 117 Å². The van der Waals surface area contributed by atoms with Crippen LogP contribution in [-0.2, 0) is 0 Å². The third kappa shape index (κ3) is 2.64. The summed E-state index contributed by atoms with van der Waals surface area (Å²) >= 11 is 0. The van der Waals surface area contributed by atoms with Gasteiger partial charge in [0.2, 0.25) is 0 Å². The third-order valence-corrected chi connectivity index (χ3v) is 3.17. The topological polar surface area (TPSA) is 30.0 Å². The first kappa shape index (κ1) is 12.3. The zero-order valence-corrected chi connectivity index (χ0v) is 10.9. The molecule has 0 saturated heterocycles. The molecule has 0 aliphatic carbocycles. The highest BCUT2D eigenvalue weighted by Crippen LogP contribution is 2.16. The maximum atomic E-state index is 12.2. The van der Waals surface area contributed by atoms with Gasteiger partial charge in [0.15, 0.2) is 5.78 Å². The highest BCUT2D eigenvalue weighted by molar-refractivity contribution is 6.08. The van der Waals surface area contributed by atoms with Crippen LogP contribution in [-0.4, -0.2) is 10.8 Å². The number of aromatic nitrogens is 1. The van der Waals surface area contributed by atoms with Gasteiger partial charge in [-0.3, -0.25) is 9.78 Å². The van der Waals surface area contributed by atoms with E-state index in [0.717, 1.165) is 16.3 Å². The Kier molecular flexibility index (Phi) is 3.38. The molecule has 2 nitrogen and oxygen atoms in total. The summed E-state index contributed by atoms with van der Waals surface area (Å²) in [5, 5.41) is 2.22. The van der Waals surface area contributed by atoms with Gasteiger partial charge in [0.1, 0.15) is 0 Å². The number of hydrogen-bond acceptors (Lipinski definition) is 2. The van der Waals surface area contributed by atoms with E-state index < -0.39 is 0 Å². The average molecular weight is 259 g/mol. The van der Waals surface area contributed by atoms with Gasteiger partial charge in [-0.2, -0.15) is 0 Å². The highest BCUT2D eigenvalue weighted by atomic mass is 16.1. The molecule has 20 heavy (non-hydrogen) atoms.